The highest BCUT2D eigenvalue weighted by Gasteiger charge is 2.28. The predicted molar refractivity (Wildman–Crippen MR) is 77.7 cm³/mol. The average Bonchev–Trinajstić information content (AvgIpc) is 2.95. The number of aryl methyl sites for hydroxylation is 1. The Morgan fingerprint density at radius 3 is 2.77 bits per heavy atom. The highest BCUT2D eigenvalue weighted by molar-refractivity contribution is 6.09. The van der Waals surface area contributed by atoms with Crippen LogP contribution >= 0.6 is 0 Å². The van der Waals surface area contributed by atoms with Crippen molar-refractivity contribution in [3.63, 3.8) is 0 Å². The zero-order chi connectivity index (χ0) is 15.5. The van der Waals surface area contributed by atoms with Crippen molar-refractivity contribution in [3.8, 4) is 0 Å². The van der Waals surface area contributed by atoms with Crippen LogP contribution in [0.5, 0.6) is 0 Å². The highest BCUT2D eigenvalue weighted by atomic mass is 16.5. The van der Waals surface area contributed by atoms with Gasteiger partial charge in [0.25, 0.3) is 5.91 Å². The summed E-state index contributed by atoms with van der Waals surface area (Å²) in [6.45, 7) is 0.611. The SMILES string of the molecule is O=C1Cc2oc(=O)cc(CCCOC3CCCC3)c2C(=O)N1. The third kappa shape index (κ3) is 3.27. The first-order valence-corrected chi connectivity index (χ1v) is 7.75. The second-order valence-electron chi connectivity index (χ2n) is 5.82. The van der Waals surface area contributed by atoms with Gasteiger partial charge in [-0.2, -0.15) is 0 Å². The van der Waals surface area contributed by atoms with Gasteiger partial charge in [-0.1, -0.05) is 12.8 Å². The van der Waals surface area contributed by atoms with Crippen molar-refractivity contribution in [2.75, 3.05) is 6.61 Å². The van der Waals surface area contributed by atoms with E-state index in [1.54, 1.807) is 0 Å². The van der Waals surface area contributed by atoms with Gasteiger partial charge in [0, 0.05) is 12.7 Å². The summed E-state index contributed by atoms with van der Waals surface area (Å²) in [5.41, 5.74) is 0.444. The van der Waals surface area contributed by atoms with Crippen molar-refractivity contribution >= 4 is 11.8 Å². The minimum atomic E-state index is -0.520. The minimum Gasteiger partial charge on any atom is -0.426 e. The molecular formula is C16H19NO5. The van der Waals surface area contributed by atoms with Crippen LogP contribution in [0.3, 0.4) is 0 Å². The summed E-state index contributed by atoms with van der Waals surface area (Å²) in [6.07, 6.45) is 6.27. The number of hydrogen-bond acceptors (Lipinski definition) is 5. The Bertz CT molecular complexity index is 642. The van der Waals surface area contributed by atoms with Gasteiger partial charge in [0.05, 0.1) is 18.1 Å². The summed E-state index contributed by atoms with van der Waals surface area (Å²) in [6, 6.07) is 1.34. The Balaban J connectivity index is 1.66. The molecular weight excluding hydrogens is 286 g/mol. The van der Waals surface area contributed by atoms with Crippen LogP contribution in [0.4, 0.5) is 0 Å². The van der Waals surface area contributed by atoms with E-state index in [1.165, 1.54) is 18.9 Å². The standard InChI is InChI=1S/C16H19NO5/c18-13-9-12-15(16(20)17-13)10(8-14(19)22-12)4-3-7-21-11-5-1-2-6-11/h8,11H,1-7,9H2,(H,17,18,20). The molecule has 1 fully saturated rings. The van der Waals surface area contributed by atoms with Gasteiger partial charge in [-0.05, 0) is 31.2 Å². The van der Waals surface area contributed by atoms with Gasteiger partial charge in [-0.15, -0.1) is 0 Å². The molecule has 6 nitrogen and oxygen atoms in total. The Labute approximate surface area is 127 Å². The van der Waals surface area contributed by atoms with Crippen LogP contribution in [0.25, 0.3) is 0 Å². The number of ether oxygens (including phenoxy) is 1. The molecule has 0 radical (unpaired) electrons. The maximum Gasteiger partial charge on any atom is 0.336 e. The molecule has 0 atom stereocenters. The zero-order valence-electron chi connectivity index (χ0n) is 12.4. The molecule has 1 saturated carbocycles. The van der Waals surface area contributed by atoms with Crippen LogP contribution in [0.1, 0.15) is 53.8 Å². The molecule has 0 aromatic carbocycles. The number of rotatable bonds is 5. The van der Waals surface area contributed by atoms with E-state index >= 15 is 0 Å². The molecule has 6 heteroatoms. The monoisotopic (exact) mass is 305 g/mol. The zero-order valence-corrected chi connectivity index (χ0v) is 12.4. The molecule has 118 valence electrons. The van der Waals surface area contributed by atoms with E-state index in [0.717, 1.165) is 19.3 Å². The molecule has 0 bridgehead atoms. The van der Waals surface area contributed by atoms with Crippen molar-refractivity contribution < 1.29 is 18.7 Å². The first kappa shape index (κ1) is 15.0. The summed E-state index contributed by atoms with van der Waals surface area (Å²) in [5, 5.41) is 2.26. The van der Waals surface area contributed by atoms with E-state index in [1.807, 2.05) is 0 Å². The van der Waals surface area contributed by atoms with E-state index < -0.39 is 17.4 Å². The Kier molecular flexibility index (Phi) is 4.38. The van der Waals surface area contributed by atoms with Gasteiger partial charge >= 0.3 is 5.63 Å². The Morgan fingerprint density at radius 2 is 2.00 bits per heavy atom. The van der Waals surface area contributed by atoms with Crippen LogP contribution < -0.4 is 10.9 Å². The molecule has 1 N–H and O–H groups in total. The summed E-state index contributed by atoms with van der Waals surface area (Å²) < 4.78 is 10.8. The Morgan fingerprint density at radius 1 is 1.23 bits per heavy atom. The quantitative estimate of drug-likeness (QED) is 0.655. The first-order chi connectivity index (χ1) is 10.6. The molecule has 2 heterocycles. The topological polar surface area (TPSA) is 85.6 Å². The molecule has 2 amide bonds. The largest absolute Gasteiger partial charge is 0.426 e. The third-order valence-corrected chi connectivity index (χ3v) is 4.16. The van der Waals surface area contributed by atoms with Gasteiger partial charge in [-0.3, -0.25) is 14.9 Å². The molecule has 1 aliphatic heterocycles. The normalized spacial score (nSPS) is 18.4. The minimum absolute atomic E-state index is 0.0667. The number of fused-ring (bicyclic) bond motifs is 1. The number of carbonyl (C=O) groups is 2. The maximum atomic E-state index is 11.9. The fourth-order valence-corrected chi connectivity index (χ4v) is 3.14. The number of nitrogens with one attached hydrogen (secondary N) is 1. The van der Waals surface area contributed by atoms with Crippen LogP contribution in [-0.2, 0) is 22.4 Å². The van der Waals surface area contributed by atoms with E-state index in [0.29, 0.717) is 30.3 Å². The number of hydrogen-bond donors (Lipinski definition) is 1. The number of carbonyl (C=O) groups excluding carboxylic acids is 2. The van der Waals surface area contributed by atoms with Crippen molar-refractivity contribution in [2.24, 2.45) is 0 Å². The fourth-order valence-electron chi connectivity index (χ4n) is 3.14. The average molecular weight is 305 g/mol. The van der Waals surface area contributed by atoms with Crippen molar-refractivity contribution in [2.45, 2.75) is 51.0 Å². The molecule has 0 saturated heterocycles. The van der Waals surface area contributed by atoms with E-state index in [2.05, 4.69) is 5.32 Å². The van der Waals surface area contributed by atoms with Gasteiger partial charge in [-0.25, -0.2) is 4.79 Å². The maximum absolute atomic E-state index is 11.9. The summed E-state index contributed by atoms with van der Waals surface area (Å²) in [7, 11) is 0. The lowest BCUT2D eigenvalue weighted by molar-refractivity contribution is -0.120. The molecule has 2 aliphatic rings. The van der Waals surface area contributed by atoms with Crippen LogP contribution in [0.2, 0.25) is 0 Å². The van der Waals surface area contributed by atoms with Crippen molar-refractivity contribution in [3.05, 3.63) is 33.4 Å². The smallest absolute Gasteiger partial charge is 0.336 e. The van der Waals surface area contributed by atoms with Crippen molar-refractivity contribution in [1.29, 1.82) is 0 Å². The lowest BCUT2D eigenvalue weighted by Gasteiger charge is -2.17. The first-order valence-electron chi connectivity index (χ1n) is 7.75. The third-order valence-electron chi connectivity index (χ3n) is 4.16. The lowest BCUT2D eigenvalue weighted by atomic mass is 9.98. The van der Waals surface area contributed by atoms with Gasteiger partial charge in [0.15, 0.2) is 0 Å². The van der Waals surface area contributed by atoms with Crippen LogP contribution in [0, 0.1) is 0 Å². The highest BCUT2D eigenvalue weighted by Crippen LogP contribution is 2.22. The Hall–Kier alpha value is -1.95. The van der Waals surface area contributed by atoms with Crippen LogP contribution in [0.15, 0.2) is 15.3 Å². The molecule has 0 unspecified atom stereocenters. The number of amides is 2. The van der Waals surface area contributed by atoms with E-state index in [9.17, 15) is 14.4 Å². The van der Waals surface area contributed by atoms with Crippen molar-refractivity contribution in [1.82, 2.24) is 5.32 Å². The molecule has 1 aliphatic carbocycles. The molecule has 22 heavy (non-hydrogen) atoms. The lowest BCUT2D eigenvalue weighted by Crippen LogP contribution is -2.38. The number of imide groups is 1. The van der Waals surface area contributed by atoms with Gasteiger partial charge in [0.1, 0.15) is 5.76 Å². The van der Waals surface area contributed by atoms with Crippen LogP contribution in [-0.4, -0.2) is 24.5 Å². The van der Waals surface area contributed by atoms with Gasteiger partial charge < -0.3 is 9.15 Å². The second kappa shape index (κ2) is 6.44. The summed E-state index contributed by atoms with van der Waals surface area (Å²) in [4.78, 5) is 34.9. The molecule has 0 spiro atoms. The molecule has 1 aromatic heterocycles. The summed E-state index contributed by atoms with van der Waals surface area (Å²) >= 11 is 0. The molecule has 3 rings (SSSR count). The predicted octanol–water partition coefficient (Wildman–Crippen LogP) is 1.34. The van der Waals surface area contributed by atoms with E-state index in [-0.39, 0.29) is 12.2 Å². The summed E-state index contributed by atoms with van der Waals surface area (Å²) in [5.74, 6) is -0.753. The molecule has 1 aromatic rings. The van der Waals surface area contributed by atoms with Gasteiger partial charge in [0.2, 0.25) is 5.91 Å². The fraction of sp³-hybridized carbons (Fsp3) is 0.562. The second-order valence-corrected chi connectivity index (χ2v) is 5.82. The van der Waals surface area contributed by atoms with E-state index in [4.69, 9.17) is 9.15 Å².